The van der Waals surface area contributed by atoms with E-state index >= 15 is 0 Å². The van der Waals surface area contributed by atoms with Crippen LogP contribution in [0.3, 0.4) is 0 Å². The SMILES string of the molecule is COc1cccc2c1OC1(C)C(C(=O)Nc3ccc(C)cc3C)C2NC(=S)N1CCc1ccccc1. The zero-order valence-corrected chi connectivity index (χ0v) is 21.8. The largest absolute Gasteiger partial charge is 0.493 e. The summed E-state index contributed by atoms with van der Waals surface area (Å²) in [6.07, 6.45) is 0.760. The van der Waals surface area contributed by atoms with Gasteiger partial charge < -0.3 is 25.0 Å². The molecule has 0 aliphatic carbocycles. The van der Waals surface area contributed by atoms with Crippen molar-refractivity contribution in [3.63, 3.8) is 0 Å². The van der Waals surface area contributed by atoms with Crippen LogP contribution >= 0.6 is 12.2 Å². The number of para-hydroxylation sites is 1. The summed E-state index contributed by atoms with van der Waals surface area (Å²) in [4.78, 5) is 16.0. The summed E-state index contributed by atoms with van der Waals surface area (Å²) in [5.74, 6) is 0.584. The number of fused-ring (bicyclic) bond motifs is 4. The van der Waals surface area contributed by atoms with Crippen molar-refractivity contribution in [3.05, 3.63) is 89.0 Å². The highest BCUT2D eigenvalue weighted by Crippen LogP contribution is 2.51. The van der Waals surface area contributed by atoms with Crippen molar-refractivity contribution in [2.45, 2.75) is 39.0 Å². The van der Waals surface area contributed by atoms with E-state index in [1.165, 1.54) is 5.56 Å². The van der Waals surface area contributed by atoms with Gasteiger partial charge in [0.25, 0.3) is 0 Å². The lowest BCUT2D eigenvalue weighted by Crippen LogP contribution is -2.71. The van der Waals surface area contributed by atoms with Gasteiger partial charge in [-0.05, 0) is 62.7 Å². The summed E-state index contributed by atoms with van der Waals surface area (Å²) in [5, 5.41) is 7.21. The molecule has 3 atom stereocenters. The van der Waals surface area contributed by atoms with Gasteiger partial charge in [0.1, 0.15) is 5.92 Å². The number of nitrogens with one attached hydrogen (secondary N) is 2. The van der Waals surface area contributed by atoms with Crippen LogP contribution in [0.25, 0.3) is 0 Å². The number of anilines is 1. The number of ether oxygens (including phenoxy) is 2. The van der Waals surface area contributed by atoms with Crippen molar-refractivity contribution in [3.8, 4) is 11.5 Å². The molecule has 3 aromatic rings. The minimum absolute atomic E-state index is 0.123. The number of rotatable bonds is 6. The predicted octanol–water partition coefficient (Wildman–Crippen LogP) is 5.15. The molecule has 3 unspecified atom stereocenters. The fourth-order valence-corrected chi connectivity index (χ4v) is 5.77. The highest BCUT2D eigenvalue weighted by Gasteiger charge is 2.59. The van der Waals surface area contributed by atoms with Crippen LogP contribution < -0.4 is 20.1 Å². The van der Waals surface area contributed by atoms with Gasteiger partial charge in [-0.3, -0.25) is 4.79 Å². The molecule has 3 aromatic carbocycles. The van der Waals surface area contributed by atoms with E-state index in [0.717, 1.165) is 28.8 Å². The molecule has 36 heavy (non-hydrogen) atoms. The van der Waals surface area contributed by atoms with Crippen LogP contribution in [-0.4, -0.2) is 35.3 Å². The van der Waals surface area contributed by atoms with Crippen LogP contribution in [0.4, 0.5) is 5.69 Å². The molecule has 1 amide bonds. The Morgan fingerprint density at radius 2 is 1.92 bits per heavy atom. The number of carbonyl (C=O) groups is 1. The van der Waals surface area contributed by atoms with Gasteiger partial charge in [-0.2, -0.15) is 0 Å². The Balaban J connectivity index is 1.54. The summed E-state index contributed by atoms with van der Waals surface area (Å²) in [5.41, 5.74) is 3.99. The number of hydrogen-bond acceptors (Lipinski definition) is 4. The Hall–Kier alpha value is -3.58. The van der Waals surface area contributed by atoms with Crippen LogP contribution in [-0.2, 0) is 11.2 Å². The van der Waals surface area contributed by atoms with Crippen LogP contribution in [0.15, 0.2) is 66.7 Å². The Kier molecular flexibility index (Phi) is 6.35. The van der Waals surface area contributed by atoms with E-state index in [2.05, 4.69) is 28.8 Å². The van der Waals surface area contributed by atoms with Crippen LogP contribution in [0.1, 0.15) is 35.2 Å². The van der Waals surface area contributed by atoms with Crippen molar-refractivity contribution in [2.24, 2.45) is 5.92 Å². The minimum Gasteiger partial charge on any atom is -0.493 e. The van der Waals surface area contributed by atoms with E-state index in [4.69, 9.17) is 21.7 Å². The van der Waals surface area contributed by atoms with E-state index < -0.39 is 11.6 Å². The number of aryl methyl sites for hydroxylation is 2. The summed E-state index contributed by atoms with van der Waals surface area (Å²) in [7, 11) is 1.63. The molecule has 2 aliphatic heterocycles. The van der Waals surface area contributed by atoms with Gasteiger partial charge in [-0.1, -0.05) is 60.2 Å². The molecule has 0 aromatic heterocycles. The average molecular weight is 502 g/mol. The topological polar surface area (TPSA) is 62.8 Å². The average Bonchev–Trinajstić information content (AvgIpc) is 2.85. The molecular weight excluding hydrogens is 470 g/mol. The molecular formula is C29H31N3O3S. The molecule has 5 rings (SSSR count). The van der Waals surface area contributed by atoms with Gasteiger partial charge in [0.05, 0.1) is 13.2 Å². The second-order valence-corrected chi connectivity index (χ2v) is 10.0. The standard InChI is InChI=1S/C29H31N3O3S/c1-18-13-14-22(19(2)17-18)30-27(33)24-25-21-11-8-12-23(34-4)26(21)35-29(24,3)32(28(36)31-25)16-15-20-9-6-5-7-10-20/h5-14,17,24-25H,15-16H2,1-4H3,(H,30,33)(H,31,36). The van der Waals surface area contributed by atoms with Gasteiger partial charge in [-0.25, -0.2) is 0 Å². The lowest BCUT2D eigenvalue weighted by molar-refractivity contribution is -0.149. The highest BCUT2D eigenvalue weighted by molar-refractivity contribution is 7.80. The van der Waals surface area contributed by atoms with Crippen LogP contribution in [0.5, 0.6) is 11.5 Å². The maximum absolute atomic E-state index is 14.0. The van der Waals surface area contributed by atoms with Crippen molar-refractivity contribution in [1.82, 2.24) is 10.2 Å². The number of nitrogens with zero attached hydrogens (tertiary/aromatic N) is 1. The molecule has 2 bridgehead atoms. The van der Waals surface area contributed by atoms with E-state index in [-0.39, 0.29) is 11.9 Å². The lowest BCUT2D eigenvalue weighted by atomic mass is 9.78. The Morgan fingerprint density at radius 3 is 2.64 bits per heavy atom. The van der Waals surface area contributed by atoms with Crippen LogP contribution in [0, 0.1) is 19.8 Å². The third kappa shape index (κ3) is 4.17. The summed E-state index contributed by atoms with van der Waals surface area (Å²) < 4.78 is 12.3. The third-order valence-electron chi connectivity index (χ3n) is 7.23. The number of benzene rings is 3. The normalized spacial score (nSPS) is 22.2. The summed E-state index contributed by atoms with van der Waals surface area (Å²) in [6.45, 7) is 6.59. The number of hydrogen-bond donors (Lipinski definition) is 2. The third-order valence-corrected chi connectivity index (χ3v) is 7.57. The van der Waals surface area contributed by atoms with Gasteiger partial charge >= 0.3 is 0 Å². The van der Waals surface area contributed by atoms with E-state index in [0.29, 0.717) is 23.2 Å². The monoisotopic (exact) mass is 501 g/mol. The predicted molar refractivity (Wildman–Crippen MR) is 145 cm³/mol. The molecule has 0 spiro atoms. The van der Waals surface area contributed by atoms with E-state index in [9.17, 15) is 4.79 Å². The first-order chi connectivity index (χ1) is 17.3. The number of carbonyl (C=O) groups excluding carboxylic acids is 1. The second-order valence-electron chi connectivity index (χ2n) is 9.64. The Bertz CT molecular complexity index is 1310. The van der Waals surface area contributed by atoms with Gasteiger partial charge in [0.2, 0.25) is 5.91 Å². The molecule has 186 valence electrons. The molecule has 2 N–H and O–H groups in total. The van der Waals surface area contributed by atoms with Gasteiger partial charge in [0, 0.05) is 17.8 Å². The van der Waals surface area contributed by atoms with E-state index in [1.54, 1.807) is 7.11 Å². The Labute approximate surface area is 217 Å². The molecule has 6 nitrogen and oxygen atoms in total. The first-order valence-electron chi connectivity index (χ1n) is 12.2. The molecule has 1 fully saturated rings. The first-order valence-corrected chi connectivity index (χ1v) is 12.6. The van der Waals surface area contributed by atoms with Gasteiger partial charge in [0.15, 0.2) is 22.3 Å². The molecule has 7 heteroatoms. The molecule has 0 radical (unpaired) electrons. The Morgan fingerprint density at radius 1 is 1.14 bits per heavy atom. The number of thiocarbonyl (C=S) groups is 1. The zero-order valence-electron chi connectivity index (χ0n) is 21.0. The minimum atomic E-state index is -1.02. The van der Waals surface area contributed by atoms with Crippen molar-refractivity contribution in [2.75, 3.05) is 19.0 Å². The second kappa shape index (κ2) is 9.47. The fraction of sp³-hybridized carbons (Fsp3) is 0.310. The number of methoxy groups -OCH3 is 1. The molecule has 0 saturated carbocycles. The summed E-state index contributed by atoms with van der Waals surface area (Å²) >= 11 is 5.84. The number of amides is 1. The molecule has 2 heterocycles. The van der Waals surface area contributed by atoms with Crippen molar-refractivity contribution in [1.29, 1.82) is 0 Å². The zero-order chi connectivity index (χ0) is 25.4. The maximum Gasteiger partial charge on any atom is 0.236 e. The van der Waals surface area contributed by atoms with Crippen molar-refractivity contribution < 1.29 is 14.3 Å². The maximum atomic E-state index is 14.0. The quantitative estimate of drug-likeness (QED) is 0.456. The highest BCUT2D eigenvalue weighted by atomic mass is 32.1. The lowest BCUT2D eigenvalue weighted by Gasteiger charge is -2.56. The summed E-state index contributed by atoms with van der Waals surface area (Å²) in [6, 6.07) is 21.7. The van der Waals surface area contributed by atoms with Crippen LogP contribution in [0.2, 0.25) is 0 Å². The van der Waals surface area contributed by atoms with Gasteiger partial charge in [-0.15, -0.1) is 0 Å². The fourth-order valence-electron chi connectivity index (χ4n) is 5.37. The molecule has 1 saturated heterocycles. The van der Waals surface area contributed by atoms with E-state index in [1.807, 2.05) is 74.2 Å². The first kappa shape index (κ1) is 24.1. The van der Waals surface area contributed by atoms with Crippen molar-refractivity contribution >= 4 is 28.9 Å². The smallest absolute Gasteiger partial charge is 0.236 e. The molecule has 2 aliphatic rings.